The van der Waals surface area contributed by atoms with Gasteiger partial charge in [0.1, 0.15) is 11.2 Å². The molecule has 1 heterocycles. The zero-order valence-electron chi connectivity index (χ0n) is 28.9. The Hall–Kier alpha value is -7.10. The third-order valence-electron chi connectivity index (χ3n) is 10.2. The number of hydrogen-bond donors (Lipinski definition) is 0. The molecule has 3 nitrogen and oxygen atoms in total. The smallest absolute Gasteiger partial charge is 0.136 e. The lowest BCUT2D eigenvalue weighted by Crippen LogP contribution is -2.13. The highest BCUT2D eigenvalue weighted by atomic mass is 16.3. The van der Waals surface area contributed by atoms with E-state index >= 15 is 0 Å². The highest BCUT2D eigenvalue weighted by molar-refractivity contribution is 6.16. The monoisotopic (exact) mass is 678 g/mol. The summed E-state index contributed by atoms with van der Waals surface area (Å²) in [6, 6.07) is 73.4. The molecule has 9 aromatic carbocycles. The van der Waals surface area contributed by atoms with E-state index in [4.69, 9.17) is 4.42 Å². The minimum Gasteiger partial charge on any atom is -0.456 e. The zero-order chi connectivity index (χ0) is 35.1. The van der Waals surface area contributed by atoms with E-state index in [9.17, 15) is 0 Å². The van der Waals surface area contributed by atoms with E-state index in [0.717, 1.165) is 56.1 Å². The van der Waals surface area contributed by atoms with E-state index in [1.165, 1.54) is 32.7 Å². The topological polar surface area (TPSA) is 19.6 Å². The molecule has 0 spiro atoms. The summed E-state index contributed by atoms with van der Waals surface area (Å²) in [4.78, 5) is 4.68. The van der Waals surface area contributed by atoms with Crippen LogP contribution in [0.15, 0.2) is 211 Å². The molecule has 0 atom stereocenters. The van der Waals surface area contributed by atoms with Crippen molar-refractivity contribution < 1.29 is 4.42 Å². The van der Waals surface area contributed by atoms with Crippen LogP contribution >= 0.6 is 0 Å². The van der Waals surface area contributed by atoms with Crippen LogP contribution < -0.4 is 9.80 Å². The molecule has 1 aromatic heterocycles. The van der Waals surface area contributed by atoms with Gasteiger partial charge in [-0.1, -0.05) is 121 Å². The van der Waals surface area contributed by atoms with Crippen LogP contribution in [0.5, 0.6) is 0 Å². The quantitative estimate of drug-likeness (QED) is 0.156. The summed E-state index contributed by atoms with van der Waals surface area (Å²) in [5, 5.41) is 7.01. The van der Waals surface area contributed by atoms with Gasteiger partial charge in [-0.15, -0.1) is 0 Å². The first-order chi connectivity index (χ1) is 26.3. The minimum atomic E-state index is 0.902. The van der Waals surface area contributed by atoms with Crippen LogP contribution in [0, 0.1) is 0 Å². The second-order valence-corrected chi connectivity index (χ2v) is 13.4. The molecule has 10 aromatic rings. The van der Waals surface area contributed by atoms with Gasteiger partial charge in [0.2, 0.25) is 0 Å². The van der Waals surface area contributed by atoms with Gasteiger partial charge in [-0.2, -0.15) is 0 Å². The molecule has 0 radical (unpaired) electrons. The molecule has 0 saturated carbocycles. The predicted octanol–water partition coefficient (Wildman–Crippen LogP) is 14.5. The van der Waals surface area contributed by atoms with Gasteiger partial charge < -0.3 is 14.2 Å². The molecule has 0 unspecified atom stereocenters. The van der Waals surface area contributed by atoms with Gasteiger partial charge >= 0.3 is 0 Å². The van der Waals surface area contributed by atoms with Crippen molar-refractivity contribution in [1.29, 1.82) is 0 Å². The van der Waals surface area contributed by atoms with E-state index in [-0.39, 0.29) is 0 Å². The Morgan fingerprint density at radius 3 is 1.47 bits per heavy atom. The van der Waals surface area contributed by atoms with Crippen molar-refractivity contribution >= 4 is 77.6 Å². The largest absolute Gasteiger partial charge is 0.456 e. The van der Waals surface area contributed by atoms with Gasteiger partial charge in [0, 0.05) is 44.9 Å². The second kappa shape index (κ2) is 12.9. The summed E-state index contributed by atoms with van der Waals surface area (Å²) >= 11 is 0. The molecule has 10 rings (SSSR count). The molecule has 0 aliphatic heterocycles. The van der Waals surface area contributed by atoms with Crippen molar-refractivity contribution in [2.24, 2.45) is 0 Å². The van der Waals surface area contributed by atoms with E-state index < -0.39 is 0 Å². The average molecular weight is 679 g/mol. The lowest BCUT2D eigenvalue weighted by Gasteiger charge is -2.29. The summed E-state index contributed by atoms with van der Waals surface area (Å²) < 4.78 is 6.37. The lowest BCUT2D eigenvalue weighted by atomic mass is 9.99. The number of para-hydroxylation sites is 3. The number of anilines is 6. The first-order valence-electron chi connectivity index (χ1n) is 18.0. The fourth-order valence-electron chi connectivity index (χ4n) is 7.65. The van der Waals surface area contributed by atoms with Crippen molar-refractivity contribution in [2.45, 2.75) is 0 Å². The van der Waals surface area contributed by atoms with Crippen LogP contribution in [0.4, 0.5) is 34.1 Å². The number of fused-ring (bicyclic) bond motifs is 6. The van der Waals surface area contributed by atoms with Gasteiger partial charge in [-0.3, -0.25) is 0 Å². The van der Waals surface area contributed by atoms with Gasteiger partial charge in [-0.25, -0.2) is 0 Å². The van der Waals surface area contributed by atoms with E-state index in [0.29, 0.717) is 0 Å². The fourth-order valence-corrected chi connectivity index (χ4v) is 7.65. The zero-order valence-corrected chi connectivity index (χ0v) is 28.9. The van der Waals surface area contributed by atoms with Crippen molar-refractivity contribution in [3.63, 3.8) is 0 Å². The van der Waals surface area contributed by atoms with Gasteiger partial charge in [0.05, 0.1) is 0 Å². The molecular formula is C50H34N2O. The molecule has 250 valence electrons. The summed E-state index contributed by atoms with van der Waals surface area (Å²) in [5.41, 5.74) is 10.7. The molecule has 0 saturated heterocycles. The highest BCUT2D eigenvalue weighted by Crippen LogP contribution is 2.43. The number of rotatable bonds is 7. The number of hydrogen-bond acceptors (Lipinski definition) is 3. The maximum atomic E-state index is 6.37. The van der Waals surface area contributed by atoms with E-state index in [2.05, 4.69) is 204 Å². The third-order valence-corrected chi connectivity index (χ3v) is 10.2. The molecule has 53 heavy (non-hydrogen) atoms. The Balaban J connectivity index is 1.16. The molecule has 0 fully saturated rings. The summed E-state index contributed by atoms with van der Waals surface area (Å²) in [7, 11) is 0. The minimum absolute atomic E-state index is 0.902. The molecular weight excluding hydrogens is 645 g/mol. The Kier molecular flexibility index (Phi) is 7.47. The second-order valence-electron chi connectivity index (χ2n) is 13.4. The molecule has 3 heteroatoms. The first-order valence-corrected chi connectivity index (χ1v) is 18.0. The Morgan fingerprint density at radius 2 is 0.755 bits per heavy atom. The maximum absolute atomic E-state index is 6.37. The van der Waals surface area contributed by atoms with Gasteiger partial charge in [0.15, 0.2) is 0 Å². The summed E-state index contributed by atoms with van der Waals surface area (Å²) in [5.74, 6) is 0. The highest BCUT2D eigenvalue weighted by Gasteiger charge is 2.18. The van der Waals surface area contributed by atoms with Gasteiger partial charge in [-0.05, 0) is 118 Å². The predicted molar refractivity (Wildman–Crippen MR) is 224 cm³/mol. The first kappa shape index (κ1) is 30.7. The Labute approximate surface area is 308 Å². The van der Waals surface area contributed by atoms with Crippen molar-refractivity contribution in [3.05, 3.63) is 206 Å². The number of furan rings is 1. The maximum Gasteiger partial charge on any atom is 0.136 e. The third kappa shape index (κ3) is 5.56. The Morgan fingerprint density at radius 1 is 0.264 bits per heavy atom. The SMILES string of the molecule is c1ccc(-c2ccc(N(c3cccc(N(c4ccccc4)c4ccccc4)c3)c3ccc4ccc5cc6c(cc5c4c3)oc3ccccc36)cc2)cc1. The van der Waals surface area contributed by atoms with Crippen LogP contribution in [0.3, 0.4) is 0 Å². The van der Waals surface area contributed by atoms with Crippen LogP contribution in [-0.4, -0.2) is 0 Å². The van der Waals surface area contributed by atoms with E-state index in [1.54, 1.807) is 0 Å². The molecule has 0 aliphatic rings. The van der Waals surface area contributed by atoms with E-state index in [1.807, 2.05) is 12.1 Å². The van der Waals surface area contributed by atoms with Gasteiger partial charge in [0.25, 0.3) is 0 Å². The Bertz CT molecular complexity index is 2840. The number of nitrogens with zero attached hydrogens (tertiary/aromatic N) is 2. The fraction of sp³-hybridized carbons (Fsp3) is 0. The normalized spacial score (nSPS) is 11.4. The van der Waals surface area contributed by atoms with Crippen molar-refractivity contribution in [1.82, 2.24) is 0 Å². The standard InChI is InChI=1S/C50H34N2O/c1-4-13-35(14-5-1)36-25-28-41(29-26-36)52(43-20-12-19-42(32-43)51(39-15-6-2-7-16-39)40-17-8-3-9-18-40)44-30-27-37-23-24-38-31-48-45-21-10-11-22-49(45)53-50(48)34-47(38)46(37)33-44/h1-34H. The van der Waals surface area contributed by atoms with Crippen molar-refractivity contribution in [2.75, 3.05) is 9.80 Å². The van der Waals surface area contributed by atoms with Crippen LogP contribution in [0.25, 0.3) is 54.6 Å². The van der Waals surface area contributed by atoms with Crippen LogP contribution in [0.2, 0.25) is 0 Å². The molecule has 0 amide bonds. The number of benzene rings is 9. The molecule has 0 N–H and O–H groups in total. The summed E-state index contributed by atoms with van der Waals surface area (Å²) in [6.07, 6.45) is 0. The van der Waals surface area contributed by atoms with Crippen LogP contribution in [0.1, 0.15) is 0 Å². The van der Waals surface area contributed by atoms with Crippen LogP contribution in [-0.2, 0) is 0 Å². The average Bonchev–Trinajstić information content (AvgIpc) is 3.59. The summed E-state index contributed by atoms with van der Waals surface area (Å²) in [6.45, 7) is 0. The van der Waals surface area contributed by atoms with Crippen molar-refractivity contribution in [3.8, 4) is 11.1 Å². The lowest BCUT2D eigenvalue weighted by molar-refractivity contribution is 0.669. The molecule has 0 aliphatic carbocycles. The molecule has 0 bridgehead atoms.